The first-order valence-electron chi connectivity index (χ1n) is 5.42. The van der Waals surface area contributed by atoms with Crippen LogP contribution in [-0.2, 0) is 6.54 Å². The van der Waals surface area contributed by atoms with Gasteiger partial charge in [-0.3, -0.25) is 4.57 Å². The van der Waals surface area contributed by atoms with Crippen LogP contribution in [0.1, 0.15) is 33.1 Å². The predicted octanol–water partition coefficient (Wildman–Crippen LogP) is 1.65. The summed E-state index contributed by atoms with van der Waals surface area (Å²) in [4.78, 5) is 15.0. The van der Waals surface area contributed by atoms with Crippen LogP contribution in [0.4, 0.5) is 5.82 Å². The van der Waals surface area contributed by atoms with E-state index in [1.807, 2.05) is 0 Å². The van der Waals surface area contributed by atoms with Gasteiger partial charge < -0.3 is 5.73 Å². The van der Waals surface area contributed by atoms with Gasteiger partial charge in [-0.15, -0.1) is 0 Å². The number of aryl methyl sites for hydroxylation is 1. The molecule has 1 aromatic rings. The standard InChI is InChI=1S/C11H19N3O/c1-9(2)5-3-4-7-14-8-6-10(12)13-11(14)15/h6,8-9H,3-5,7H2,1-2H3,(H2,12,13,15). The lowest BCUT2D eigenvalue weighted by Gasteiger charge is -2.06. The van der Waals surface area contributed by atoms with Gasteiger partial charge in [0.15, 0.2) is 0 Å². The van der Waals surface area contributed by atoms with Crippen LogP contribution in [0.25, 0.3) is 0 Å². The highest BCUT2D eigenvalue weighted by Gasteiger charge is 1.98. The van der Waals surface area contributed by atoms with E-state index in [2.05, 4.69) is 18.8 Å². The molecule has 0 saturated carbocycles. The van der Waals surface area contributed by atoms with Crippen LogP contribution in [-0.4, -0.2) is 9.55 Å². The molecule has 0 bridgehead atoms. The van der Waals surface area contributed by atoms with Gasteiger partial charge in [0.25, 0.3) is 0 Å². The third-order valence-electron chi connectivity index (χ3n) is 2.33. The second kappa shape index (κ2) is 5.53. The Balaban J connectivity index is 2.41. The van der Waals surface area contributed by atoms with E-state index in [-0.39, 0.29) is 5.69 Å². The zero-order valence-corrected chi connectivity index (χ0v) is 9.44. The van der Waals surface area contributed by atoms with Gasteiger partial charge >= 0.3 is 5.69 Å². The third kappa shape index (κ3) is 4.14. The maximum Gasteiger partial charge on any atom is 0.349 e. The van der Waals surface area contributed by atoms with Gasteiger partial charge in [-0.2, -0.15) is 4.98 Å². The molecule has 15 heavy (non-hydrogen) atoms. The van der Waals surface area contributed by atoms with E-state index >= 15 is 0 Å². The molecule has 0 amide bonds. The van der Waals surface area contributed by atoms with Gasteiger partial charge in [-0.25, -0.2) is 4.79 Å². The van der Waals surface area contributed by atoms with Crippen LogP contribution in [0.15, 0.2) is 17.1 Å². The third-order valence-corrected chi connectivity index (χ3v) is 2.33. The molecule has 2 N–H and O–H groups in total. The Morgan fingerprint density at radius 2 is 2.20 bits per heavy atom. The SMILES string of the molecule is CC(C)CCCCn1ccc(N)nc1=O. The second-order valence-electron chi connectivity index (χ2n) is 4.22. The molecule has 0 saturated heterocycles. The topological polar surface area (TPSA) is 60.9 Å². The number of aromatic nitrogens is 2. The minimum atomic E-state index is -0.250. The molecule has 1 heterocycles. The van der Waals surface area contributed by atoms with Crippen LogP contribution in [0.3, 0.4) is 0 Å². The summed E-state index contributed by atoms with van der Waals surface area (Å²) in [6.07, 6.45) is 5.08. The van der Waals surface area contributed by atoms with Crippen LogP contribution in [0.2, 0.25) is 0 Å². The molecule has 0 fully saturated rings. The van der Waals surface area contributed by atoms with Crippen LogP contribution in [0, 0.1) is 5.92 Å². The smallest absolute Gasteiger partial charge is 0.349 e. The Bertz CT molecular complexity index is 357. The maximum absolute atomic E-state index is 11.3. The highest BCUT2D eigenvalue weighted by Crippen LogP contribution is 2.06. The van der Waals surface area contributed by atoms with E-state index < -0.39 is 0 Å². The first-order valence-corrected chi connectivity index (χ1v) is 5.42. The van der Waals surface area contributed by atoms with Gasteiger partial charge in [0.05, 0.1) is 0 Å². The molecule has 0 aromatic carbocycles. The minimum absolute atomic E-state index is 0.250. The molecule has 4 heteroatoms. The molecule has 0 spiro atoms. The second-order valence-corrected chi connectivity index (χ2v) is 4.22. The Morgan fingerprint density at radius 1 is 1.47 bits per heavy atom. The maximum atomic E-state index is 11.3. The van der Waals surface area contributed by atoms with Gasteiger partial charge in [0.2, 0.25) is 0 Å². The highest BCUT2D eigenvalue weighted by atomic mass is 16.1. The van der Waals surface area contributed by atoms with Crippen molar-refractivity contribution in [3.63, 3.8) is 0 Å². The van der Waals surface area contributed by atoms with E-state index in [0.717, 1.165) is 25.3 Å². The molecule has 0 atom stereocenters. The number of nitrogens with zero attached hydrogens (tertiary/aromatic N) is 2. The number of unbranched alkanes of at least 4 members (excludes halogenated alkanes) is 1. The lowest BCUT2D eigenvalue weighted by atomic mass is 10.1. The van der Waals surface area contributed by atoms with Crippen molar-refractivity contribution in [3.05, 3.63) is 22.7 Å². The molecule has 0 aliphatic rings. The highest BCUT2D eigenvalue weighted by molar-refractivity contribution is 5.23. The average molecular weight is 209 g/mol. The Kier molecular flexibility index (Phi) is 4.34. The summed E-state index contributed by atoms with van der Waals surface area (Å²) in [6, 6.07) is 1.66. The number of hydrogen-bond acceptors (Lipinski definition) is 3. The fraction of sp³-hybridized carbons (Fsp3) is 0.636. The molecule has 4 nitrogen and oxygen atoms in total. The van der Waals surface area contributed by atoms with Crippen LogP contribution < -0.4 is 11.4 Å². The summed E-state index contributed by atoms with van der Waals surface area (Å²) in [6.45, 7) is 5.15. The zero-order valence-electron chi connectivity index (χ0n) is 9.44. The normalized spacial score (nSPS) is 10.9. The van der Waals surface area contributed by atoms with Crippen molar-refractivity contribution in [3.8, 4) is 0 Å². The number of nitrogen functional groups attached to an aromatic ring is 1. The van der Waals surface area contributed by atoms with Crippen molar-refractivity contribution < 1.29 is 0 Å². The van der Waals surface area contributed by atoms with E-state index in [9.17, 15) is 4.79 Å². The Hall–Kier alpha value is -1.32. The quantitative estimate of drug-likeness (QED) is 0.750. The Labute approximate surface area is 90.1 Å². The minimum Gasteiger partial charge on any atom is -0.383 e. The van der Waals surface area contributed by atoms with E-state index in [1.165, 1.54) is 6.42 Å². The molecule has 0 aliphatic heterocycles. The molecule has 0 radical (unpaired) electrons. The molecule has 84 valence electrons. The van der Waals surface area contributed by atoms with Gasteiger partial charge in [-0.1, -0.05) is 26.7 Å². The number of nitrogens with two attached hydrogens (primary N) is 1. The fourth-order valence-corrected chi connectivity index (χ4v) is 1.45. The molecule has 0 aliphatic carbocycles. The van der Waals surface area contributed by atoms with E-state index in [4.69, 9.17) is 5.73 Å². The molecular formula is C11H19N3O. The van der Waals surface area contributed by atoms with Crippen LogP contribution in [0.5, 0.6) is 0 Å². The zero-order chi connectivity index (χ0) is 11.3. The van der Waals surface area contributed by atoms with Crippen molar-refractivity contribution in [2.75, 3.05) is 5.73 Å². The predicted molar refractivity (Wildman–Crippen MR) is 61.6 cm³/mol. The van der Waals surface area contributed by atoms with Crippen LogP contribution >= 0.6 is 0 Å². The molecule has 1 rings (SSSR count). The number of hydrogen-bond donors (Lipinski definition) is 1. The van der Waals surface area contributed by atoms with Crippen molar-refractivity contribution in [2.24, 2.45) is 5.92 Å². The summed E-state index contributed by atoms with van der Waals surface area (Å²) in [5, 5.41) is 0. The summed E-state index contributed by atoms with van der Waals surface area (Å²) in [7, 11) is 0. The van der Waals surface area contributed by atoms with Crippen molar-refractivity contribution in [1.82, 2.24) is 9.55 Å². The molecule has 1 aromatic heterocycles. The molecule has 0 unspecified atom stereocenters. The lowest BCUT2D eigenvalue weighted by Crippen LogP contribution is -2.23. The first-order chi connectivity index (χ1) is 7.09. The summed E-state index contributed by atoms with van der Waals surface area (Å²) < 4.78 is 1.61. The van der Waals surface area contributed by atoms with E-state index in [1.54, 1.807) is 16.8 Å². The van der Waals surface area contributed by atoms with Gasteiger partial charge in [0.1, 0.15) is 5.82 Å². The number of rotatable bonds is 5. The lowest BCUT2D eigenvalue weighted by molar-refractivity contribution is 0.501. The average Bonchev–Trinajstić information content (AvgIpc) is 2.14. The monoisotopic (exact) mass is 209 g/mol. The van der Waals surface area contributed by atoms with E-state index in [0.29, 0.717) is 5.82 Å². The summed E-state index contributed by atoms with van der Waals surface area (Å²) in [5.41, 5.74) is 5.15. The first kappa shape index (κ1) is 11.8. The molecular weight excluding hydrogens is 190 g/mol. The Morgan fingerprint density at radius 3 is 2.80 bits per heavy atom. The summed E-state index contributed by atoms with van der Waals surface area (Å²) in [5.74, 6) is 1.02. The number of anilines is 1. The summed E-state index contributed by atoms with van der Waals surface area (Å²) >= 11 is 0. The van der Waals surface area contributed by atoms with Gasteiger partial charge in [0, 0.05) is 12.7 Å². The van der Waals surface area contributed by atoms with Crippen molar-refractivity contribution >= 4 is 5.82 Å². The van der Waals surface area contributed by atoms with Crippen molar-refractivity contribution in [1.29, 1.82) is 0 Å². The fourth-order valence-electron chi connectivity index (χ4n) is 1.45. The largest absolute Gasteiger partial charge is 0.383 e. The van der Waals surface area contributed by atoms with Crippen molar-refractivity contribution in [2.45, 2.75) is 39.7 Å². The van der Waals surface area contributed by atoms with Gasteiger partial charge in [-0.05, 0) is 18.4 Å².